The first-order valence-corrected chi connectivity index (χ1v) is 6.95. The number of aromatic nitrogens is 1. The van der Waals surface area contributed by atoms with Crippen LogP contribution in [-0.4, -0.2) is 11.6 Å². The Morgan fingerprint density at radius 1 is 1.05 bits per heavy atom. The Labute approximate surface area is 115 Å². The second-order valence-electron chi connectivity index (χ2n) is 4.26. The molecule has 0 atom stereocenters. The van der Waals surface area contributed by atoms with Crippen LogP contribution < -0.4 is 5.90 Å². The minimum atomic E-state index is 0.516. The zero-order chi connectivity index (χ0) is 13.1. The summed E-state index contributed by atoms with van der Waals surface area (Å²) in [6, 6.07) is 16.5. The van der Waals surface area contributed by atoms with Gasteiger partial charge in [0.05, 0.1) is 16.8 Å². The average molecular weight is 270 g/mol. The van der Waals surface area contributed by atoms with Crippen molar-refractivity contribution in [1.82, 2.24) is 4.98 Å². The number of rotatable bonds is 4. The molecule has 0 saturated heterocycles. The number of hydrogen-bond donors (Lipinski definition) is 1. The van der Waals surface area contributed by atoms with Crippen LogP contribution in [0.25, 0.3) is 20.8 Å². The Morgan fingerprint density at radius 2 is 1.84 bits per heavy atom. The smallest absolute Gasteiger partial charge is 0.124 e. The third-order valence-corrected chi connectivity index (χ3v) is 4.10. The Bertz CT molecular complexity index is 660. The lowest BCUT2D eigenvalue weighted by atomic mass is 10.1. The van der Waals surface area contributed by atoms with E-state index in [9.17, 15) is 0 Å². The SMILES string of the molecule is NOCCc1ccccc1-c1nc2ccccc2s1. The summed E-state index contributed by atoms with van der Waals surface area (Å²) in [5.41, 5.74) is 3.43. The summed E-state index contributed by atoms with van der Waals surface area (Å²) in [5, 5.41) is 1.05. The van der Waals surface area contributed by atoms with Gasteiger partial charge in [-0.2, -0.15) is 0 Å². The Morgan fingerprint density at radius 3 is 2.68 bits per heavy atom. The van der Waals surface area contributed by atoms with E-state index in [0.29, 0.717) is 6.61 Å². The molecule has 0 bridgehead atoms. The highest BCUT2D eigenvalue weighted by atomic mass is 32.1. The molecule has 2 aromatic carbocycles. The molecule has 1 heterocycles. The third kappa shape index (κ3) is 2.51. The first-order chi connectivity index (χ1) is 9.38. The molecular weight excluding hydrogens is 256 g/mol. The summed E-state index contributed by atoms with van der Waals surface area (Å²) in [4.78, 5) is 9.38. The van der Waals surface area contributed by atoms with Crippen molar-refractivity contribution in [3.05, 3.63) is 54.1 Å². The van der Waals surface area contributed by atoms with Crippen LogP contribution in [0.1, 0.15) is 5.56 Å². The fourth-order valence-corrected chi connectivity index (χ4v) is 3.13. The minimum Gasteiger partial charge on any atom is -0.304 e. The van der Waals surface area contributed by atoms with Crippen molar-refractivity contribution in [3.8, 4) is 10.6 Å². The summed E-state index contributed by atoms with van der Waals surface area (Å²) < 4.78 is 1.21. The highest BCUT2D eigenvalue weighted by Crippen LogP contribution is 2.32. The molecule has 4 heteroatoms. The number of fused-ring (bicyclic) bond motifs is 1. The summed E-state index contributed by atoms with van der Waals surface area (Å²) in [6.07, 6.45) is 0.794. The third-order valence-electron chi connectivity index (χ3n) is 3.03. The zero-order valence-electron chi connectivity index (χ0n) is 10.4. The number of nitrogens with zero attached hydrogens (tertiary/aromatic N) is 1. The molecule has 3 nitrogen and oxygen atoms in total. The van der Waals surface area contributed by atoms with E-state index in [2.05, 4.69) is 23.0 Å². The highest BCUT2D eigenvalue weighted by Gasteiger charge is 2.09. The second-order valence-corrected chi connectivity index (χ2v) is 5.30. The number of nitrogens with two attached hydrogens (primary N) is 1. The molecule has 0 aliphatic rings. The number of para-hydroxylation sites is 1. The van der Waals surface area contributed by atoms with Crippen LogP contribution in [0.3, 0.4) is 0 Å². The van der Waals surface area contributed by atoms with Gasteiger partial charge in [-0.25, -0.2) is 10.9 Å². The van der Waals surface area contributed by atoms with E-state index in [1.807, 2.05) is 30.3 Å². The van der Waals surface area contributed by atoms with Gasteiger partial charge in [0.1, 0.15) is 5.01 Å². The largest absolute Gasteiger partial charge is 0.304 e. The van der Waals surface area contributed by atoms with E-state index in [1.54, 1.807) is 11.3 Å². The lowest BCUT2D eigenvalue weighted by Gasteiger charge is -2.05. The van der Waals surface area contributed by atoms with Gasteiger partial charge in [0.25, 0.3) is 0 Å². The molecule has 0 saturated carbocycles. The zero-order valence-corrected chi connectivity index (χ0v) is 11.2. The van der Waals surface area contributed by atoms with Crippen molar-refractivity contribution in [3.63, 3.8) is 0 Å². The summed E-state index contributed by atoms with van der Waals surface area (Å²) in [6.45, 7) is 0.516. The van der Waals surface area contributed by atoms with Crippen molar-refractivity contribution in [1.29, 1.82) is 0 Å². The number of benzene rings is 2. The Hall–Kier alpha value is -1.75. The quantitative estimate of drug-likeness (QED) is 0.739. The van der Waals surface area contributed by atoms with Crippen LogP contribution in [0.15, 0.2) is 48.5 Å². The van der Waals surface area contributed by atoms with Crippen LogP contribution in [-0.2, 0) is 11.3 Å². The van der Waals surface area contributed by atoms with E-state index >= 15 is 0 Å². The van der Waals surface area contributed by atoms with E-state index in [1.165, 1.54) is 15.8 Å². The van der Waals surface area contributed by atoms with Crippen molar-refractivity contribution in [2.24, 2.45) is 5.90 Å². The predicted molar refractivity (Wildman–Crippen MR) is 78.9 cm³/mol. The van der Waals surface area contributed by atoms with Crippen LogP contribution in [0.4, 0.5) is 0 Å². The van der Waals surface area contributed by atoms with Gasteiger partial charge in [0, 0.05) is 5.56 Å². The molecule has 0 spiro atoms. The predicted octanol–water partition coefficient (Wildman–Crippen LogP) is 3.40. The Balaban J connectivity index is 2.05. The summed E-state index contributed by atoms with van der Waals surface area (Å²) in [5.74, 6) is 5.11. The first-order valence-electron chi connectivity index (χ1n) is 6.14. The second kappa shape index (κ2) is 5.48. The maximum atomic E-state index is 5.11. The van der Waals surface area contributed by atoms with Gasteiger partial charge in [-0.3, -0.25) is 0 Å². The molecule has 0 unspecified atom stereocenters. The molecule has 3 aromatic rings. The number of hydrogen-bond acceptors (Lipinski definition) is 4. The summed E-state index contributed by atoms with van der Waals surface area (Å²) in [7, 11) is 0. The molecule has 0 amide bonds. The number of thiazole rings is 1. The topological polar surface area (TPSA) is 48.1 Å². The van der Waals surface area contributed by atoms with E-state index in [0.717, 1.165) is 16.9 Å². The van der Waals surface area contributed by atoms with Crippen LogP contribution >= 0.6 is 11.3 Å². The molecule has 0 fully saturated rings. The van der Waals surface area contributed by atoms with Gasteiger partial charge in [0.2, 0.25) is 0 Å². The molecule has 0 radical (unpaired) electrons. The molecule has 96 valence electrons. The van der Waals surface area contributed by atoms with Gasteiger partial charge in [-0.05, 0) is 24.1 Å². The standard InChI is InChI=1S/C15H14N2OS/c16-18-10-9-11-5-1-2-6-12(11)15-17-13-7-3-4-8-14(13)19-15/h1-8H,9-10,16H2. The maximum absolute atomic E-state index is 5.11. The fourth-order valence-electron chi connectivity index (χ4n) is 2.10. The van der Waals surface area contributed by atoms with Crippen molar-refractivity contribution >= 4 is 21.6 Å². The van der Waals surface area contributed by atoms with E-state index in [4.69, 9.17) is 10.9 Å². The Kier molecular flexibility index (Phi) is 3.55. The van der Waals surface area contributed by atoms with Crippen LogP contribution in [0.2, 0.25) is 0 Å². The van der Waals surface area contributed by atoms with Gasteiger partial charge in [-0.15, -0.1) is 11.3 Å². The van der Waals surface area contributed by atoms with Crippen LogP contribution in [0.5, 0.6) is 0 Å². The molecule has 19 heavy (non-hydrogen) atoms. The van der Waals surface area contributed by atoms with Gasteiger partial charge in [0.15, 0.2) is 0 Å². The molecular formula is C15H14N2OS. The first kappa shape index (κ1) is 12.3. The maximum Gasteiger partial charge on any atom is 0.124 e. The lowest BCUT2D eigenvalue weighted by molar-refractivity contribution is 0.141. The van der Waals surface area contributed by atoms with E-state index < -0.39 is 0 Å². The molecule has 0 aliphatic heterocycles. The lowest BCUT2D eigenvalue weighted by Crippen LogP contribution is -2.04. The highest BCUT2D eigenvalue weighted by molar-refractivity contribution is 7.21. The van der Waals surface area contributed by atoms with Gasteiger partial charge in [-0.1, -0.05) is 36.4 Å². The fraction of sp³-hybridized carbons (Fsp3) is 0.133. The molecule has 0 aliphatic carbocycles. The van der Waals surface area contributed by atoms with Gasteiger partial charge < -0.3 is 4.84 Å². The van der Waals surface area contributed by atoms with Crippen molar-refractivity contribution in [2.75, 3.05) is 6.61 Å². The van der Waals surface area contributed by atoms with Crippen molar-refractivity contribution in [2.45, 2.75) is 6.42 Å². The molecule has 3 rings (SSSR count). The average Bonchev–Trinajstić information content (AvgIpc) is 2.89. The van der Waals surface area contributed by atoms with Crippen LogP contribution in [0, 0.1) is 0 Å². The van der Waals surface area contributed by atoms with E-state index in [-0.39, 0.29) is 0 Å². The normalized spacial score (nSPS) is 11.0. The van der Waals surface area contributed by atoms with Gasteiger partial charge >= 0.3 is 0 Å². The molecule has 2 N–H and O–H groups in total. The monoisotopic (exact) mass is 270 g/mol. The van der Waals surface area contributed by atoms with Crippen molar-refractivity contribution < 1.29 is 4.84 Å². The molecule has 1 aromatic heterocycles. The summed E-state index contributed by atoms with van der Waals surface area (Å²) >= 11 is 1.71. The minimum absolute atomic E-state index is 0.516.